The maximum Gasteiger partial charge on any atom is 0.220 e. The van der Waals surface area contributed by atoms with Crippen molar-refractivity contribution in [2.75, 3.05) is 6.54 Å². The molecule has 1 rings (SSSR count). The minimum absolute atomic E-state index is 0.0472. The lowest BCUT2D eigenvalue weighted by molar-refractivity contribution is -0.121. The zero-order valence-corrected chi connectivity index (χ0v) is 9.99. The van der Waals surface area contributed by atoms with Gasteiger partial charge in [-0.1, -0.05) is 0 Å². The Morgan fingerprint density at radius 3 is 2.80 bits per heavy atom. The van der Waals surface area contributed by atoms with Crippen LogP contribution in [0.25, 0.3) is 0 Å². The van der Waals surface area contributed by atoms with Crippen molar-refractivity contribution in [2.24, 2.45) is 5.73 Å². The minimum atomic E-state index is 0.0472. The number of rotatable bonds is 5. The SMILES string of the molecule is Cc1nc(CNC(=O)CCCN)sc1C. The van der Waals surface area contributed by atoms with Crippen molar-refractivity contribution in [3.8, 4) is 0 Å². The predicted octanol–water partition coefficient (Wildman–Crippen LogP) is 1.12. The first-order chi connectivity index (χ1) is 7.13. The molecule has 1 aromatic rings. The van der Waals surface area contributed by atoms with Crippen molar-refractivity contribution in [2.45, 2.75) is 33.2 Å². The molecule has 1 amide bonds. The molecule has 0 unspecified atom stereocenters. The van der Waals surface area contributed by atoms with E-state index in [4.69, 9.17) is 5.73 Å². The molecule has 1 aromatic heterocycles. The van der Waals surface area contributed by atoms with Crippen LogP contribution < -0.4 is 11.1 Å². The first kappa shape index (κ1) is 12.1. The highest BCUT2D eigenvalue weighted by Gasteiger charge is 2.05. The summed E-state index contributed by atoms with van der Waals surface area (Å²) in [5.74, 6) is 0.0472. The second-order valence-corrected chi connectivity index (χ2v) is 4.71. The molecule has 4 nitrogen and oxygen atoms in total. The van der Waals surface area contributed by atoms with Crippen LogP contribution in [-0.4, -0.2) is 17.4 Å². The summed E-state index contributed by atoms with van der Waals surface area (Å²) in [4.78, 5) is 16.8. The maximum atomic E-state index is 11.3. The van der Waals surface area contributed by atoms with E-state index in [9.17, 15) is 4.79 Å². The number of hydrogen-bond acceptors (Lipinski definition) is 4. The van der Waals surface area contributed by atoms with Gasteiger partial charge in [-0.15, -0.1) is 11.3 Å². The largest absolute Gasteiger partial charge is 0.350 e. The molecule has 0 aliphatic rings. The highest BCUT2D eigenvalue weighted by molar-refractivity contribution is 7.11. The van der Waals surface area contributed by atoms with E-state index in [1.807, 2.05) is 13.8 Å². The number of nitrogens with zero attached hydrogens (tertiary/aromatic N) is 1. The van der Waals surface area contributed by atoms with E-state index in [0.29, 0.717) is 19.5 Å². The van der Waals surface area contributed by atoms with E-state index < -0.39 is 0 Å². The summed E-state index contributed by atoms with van der Waals surface area (Å²) in [6.45, 7) is 5.10. The summed E-state index contributed by atoms with van der Waals surface area (Å²) in [5, 5.41) is 3.79. The minimum Gasteiger partial charge on any atom is -0.350 e. The number of carbonyl (C=O) groups excluding carboxylic acids is 1. The van der Waals surface area contributed by atoms with Gasteiger partial charge in [-0.2, -0.15) is 0 Å². The number of carbonyl (C=O) groups is 1. The third-order valence-electron chi connectivity index (χ3n) is 2.12. The Morgan fingerprint density at radius 1 is 1.53 bits per heavy atom. The van der Waals surface area contributed by atoms with Crippen LogP contribution in [0, 0.1) is 13.8 Å². The number of amides is 1. The van der Waals surface area contributed by atoms with Crippen LogP contribution in [0.3, 0.4) is 0 Å². The number of hydrogen-bond donors (Lipinski definition) is 2. The highest BCUT2D eigenvalue weighted by Crippen LogP contribution is 2.15. The Kier molecular flexibility index (Phi) is 4.71. The summed E-state index contributed by atoms with van der Waals surface area (Å²) >= 11 is 1.63. The zero-order chi connectivity index (χ0) is 11.3. The number of thiazole rings is 1. The number of nitrogens with one attached hydrogen (secondary N) is 1. The van der Waals surface area contributed by atoms with Crippen molar-refractivity contribution in [3.63, 3.8) is 0 Å². The molecule has 0 aliphatic carbocycles. The number of nitrogens with two attached hydrogens (primary N) is 1. The van der Waals surface area contributed by atoms with Gasteiger partial charge >= 0.3 is 0 Å². The van der Waals surface area contributed by atoms with Gasteiger partial charge in [0.1, 0.15) is 5.01 Å². The second-order valence-electron chi connectivity index (χ2n) is 3.42. The quantitative estimate of drug-likeness (QED) is 0.792. The van der Waals surface area contributed by atoms with Gasteiger partial charge in [0.25, 0.3) is 0 Å². The lowest BCUT2D eigenvalue weighted by Crippen LogP contribution is -2.23. The third kappa shape index (κ3) is 3.97. The van der Waals surface area contributed by atoms with Crippen LogP contribution in [-0.2, 0) is 11.3 Å². The average molecular weight is 227 g/mol. The van der Waals surface area contributed by atoms with Crippen LogP contribution in [0.5, 0.6) is 0 Å². The average Bonchev–Trinajstić information content (AvgIpc) is 2.52. The highest BCUT2D eigenvalue weighted by atomic mass is 32.1. The lowest BCUT2D eigenvalue weighted by Gasteiger charge is -2.01. The Bertz CT molecular complexity index is 316. The molecule has 0 saturated carbocycles. The van der Waals surface area contributed by atoms with Gasteiger partial charge in [-0.3, -0.25) is 4.79 Å². The fraction of sp³-hybridized carbons (Fsp3) is 0.600. The van der Waals surface area contributed by atoms with Gasteiger partial charge in [-0.25, -0.2) is 4.98 Å². The Labute approximate surface area is 93.9 Å². The van der Waals surface area contributed by atoms with E-state index in [1.54, 1.807) is 11.3 Å². The van der Waals surface area contributed by atoms with Gasteiger partial charge in [0.2, 0.25) is 5.91 Å². The number of aryl methyl sites for hydroxylation is 2. The monoisotopic (exact) mass is 227 g/mol. The molecule has 15 heavy (non-hydrogen) atoms. The van der Waals surface area contributed by atoms with Gasteiger partial charge in [0, 0.05) is 11.3 Å². The molecule has 0 spiro atoms. The summed E-state index contributed by atoms with van der Waals surface area (Å²) in [5.41, 5.74) is 6.36. The summed E-state index contributed by atoms with van der Waals surface area (Å²) in [7, 11) is 0. The molecule has 3 N–H and O–H groups in total. The molecule has 0 aliphatic heterocycles. The Hall–Kier alpha value is -0.940. The van der Waals surface area contributed by atoms with Crippen molar-refractivity contribution >= 4 is 17.2 Å². The van der Waals surface area contributed by atoms with Crippen LogP contribution in [0.1, 0.15) is 28.4 Å². The molecular weight excluding hydrogens is 210 g/mol. The van der Waals surface area contributed by atoms with Gasteiger partial charge in [0.15, 0.2) is 0 Å². The van der Waals surface area contributed by atoms with Crippen molar-refractivity contribution in [3.05, 3.63) is 15.6 Å². The van der Waals surface area contributed by atoms with E-state index in [2.05, 4.69) is 10.3 Å². The lowest BCUT2D eigenvalue weighted by atomic mass is 10.3. The molecule has 84 valence electrons. The summed E-state index contributed by atoms with van der Waals surface area (Å²) in [6.07, 6.45) is 1.24. The molecule has 0 bridgehead atoms. The Morgan fingerprint density at radius 2 is 2.27 bits per heavy atom. The Balaban J connectivity index is 2.33. The molecule has 5 heteroatoms. The summed E-state index contributed by atoms with van der Waals surface area (Å²) in [6, 6.07) is 0. The maximum absolute atomic E-state index is 11.3. The van der Waals surface area contributed by atoms with E-state index >= 15 is 0 Å². The normalized spacial score (nSPS) is 10.3. The zero-order valence-electron chi connectivity index (χ0n) is 9.17. The molecule has 0 saturated heterocycles. The summed E-state index contributed by atoms with van der Waals surface area (Å²) < 4.78 is 0. The molecule has 0 atom stereocenters. The van der Waals surface area contributed by atoms with E-state index in [-0.39, 0.29) is 5.91 Å². The predicted molar refractivity (Wildman–Crippen MR) is 61.7 cm³/mol. The third-order valence-corrected chi connectivity index (χ3v) is 3.19. The van der Waals surface area contributed by atoms with E-state index in [0.717, 1.165) is 17.1 Å². The van der Waals surface area contributed by atoms with E-state index in [1.165, 1.54) is 4.88 Å². The molecule has 0 aromatic carbocycles. The second kappa shape index (κ2) is 5.82. The standard InChI is InChI=1S/C10H17N3OS/c1-7-8(2)15-10(13-7)6-12-9(14)4-3-5-11/h3-6,11H2,1-2H3,(H,12,14). The van der Waals surface area contributed by atoms with Crippen molar-refractivity contribution < 1.29 is 4.79 Å². The van der Waals surface area contributed by atoms with Gasteiger partial charge < -0.3 is 11.1 Å². The molecule has 0 fully saturated rings. The smallest absolute Gasteiger partial charge is 0.220 e. The van der Waals surface area contributed by atoms with Crippen molar-refractivity contribution in [1.29, 1.82) is 0 Å². The molecule has 0 radical (unpaired) electrons. The fourth-order valence-electron chi connectivity index (χ4n) is 1.14. The van der Waals surface area contributed by atoms with Crippen LogP contribution in [0.15, 0.2) is 0 Å². The van der Waals surface area contributed by atoms with Gasteiger partial charge in [-0.05, 0) is 26.8 Å². The fourth-order valence-corrected chi connectivity index (χ4v) is 2.01. The van der Waals surface area contributed by atoms with Crippen LogP contribution >= 0.6 is 11.3 Å². The molecule has 1 heterocycles. The molecular formula is C10H17N3OS. The first-order valence-corrected chi connectivity index (χ1v) is 5.84. The van der Waals surface area contributed by atoms with Gasteiger partial charge in [0.05, 0.1) is 12.2 Å². The van der Waals surface area contributed by atoms with Crippen LogP contribution in [0.2, 0.25) is 0 Å². The van der Waals surface area contributed by atoms with Crippen molar-refractivity contribution in [1.82, 2.24) is 10.3 Å². The first-order valence-electron chi connectivity index (χ1n) is 5.03. The topological polar surface area (TPSA) is 68.0 Å². The van der Waals surface area contributed by atoms with Crippen LogP contribution in [0.4, 0.5) is 0 Å². The number of aromatic nitrogens is 1.